The predicted octanol–water partition coefficient (Wildman–Crippen LogP) is 13.8. The van der Waals surface area contributed by atoms with Crippen LogP contribution in [-0.2, 0) is 42.7 Å². The normalized spacial score (nSPS) is 12.6. The van der Waals surface area contributed by atoms with Crippen LogP contribution in [0.3, 0.4) is 0 Å². The van der Waals surface area contributed by atoms with Crippen molar-refractivity contribution in [3.05, 3.63) is 132 Å². The second-order valence-electron chi connectivity index (χ2n) is 19.0. The van der Waals surface area contributed by atoms with Gasteiger partial charge in [0, 0.05) is 43.6 Å². The Morgan fingerprint density at radius 1 is 0.607 bits per heavy atom. The monoisotopic (exact) mass is 939 g/mol. The fourth-order valence-electron chi connectivity index (χ4n) is 7.25. The molecule has 7 rings (SSSR count). The molecule has 0 radical (unpaired) electrons. The molecule has 0 saturated carbocycles. The van der Waals surface area contributed by atoms with E-state index in [2.05, 4.69) is 185 Å². The molecule has 0 fully saturated rings. The number of rotatable bonds is 5. The summed E-state index contributed by atoms with van der Waals surface area (Å²) in [7, 11) is 0. The molecular weight excluding hydrogens is 886 g/mol. The van der Waals surface area contributed by atoms with Gasteiger partial charge in [-0.3, -0.25) is 9.55 Å². The summed E-state index contributed by atoms with van der Waals surface area (Å²) < 4.78 is 2.20. The zero-order valence-corrected chi connectivity index (χ0v) is 37.9. The minimum Gasteiger partial charge on any atom is -0.505 e. The third kappa shape index (κ3) is 8.13. The van der Waals surface area contributed by atoms with Crippen LogP contribution in [0.4, 0.5) is 0 Å². The Labute approximate surface area is 352 Å². The summed E-state index contributed by atoms with van der Waals surface area (Å²) in [6, 6.07) is 38.1. The molecule has 0 aliphatic carbocycles. The van der Waals surface area contributed by atoms with Crippen LogP contribution in [0.2, 0.25) is 0 Å². The van der Waals surface area contributed by atoms with Gasteiger partial charge >= 0.3 is 0 Å². The first kappa shape index (κ1) is 41.5. The third-order valence-corrected chi connectivity index (χ3v) is 11.4. The Morgan fingerprint density at radius 3 is 1.93 bits per heavy atom. The van der Waals surface area contributed by atoms with Gasteiger partial charge in [-0.1, -0.05) is 154 Å². The maximum absolute atomic E-state index is 12.3. The van der Waals surface area contributed by atoms with E-state index < -0.39 is 0 Å². The summed E-state index contributed by atoms with van der Waals surface area (Å²) in [4.78, 5) is 11.3. The Bertz CT molecular complexity index is 2560. The summed E-state index contributed by atoms with van der Waals surface area (Å²) in [5.74, 6) is 0.289. The standard InChI is InChI=1S/C50H54N3OS.Pt/c1-47(2,3)34-21-22-41-37(27-34)38-30-39(49(7,8)9)44(52-46(38)53(41)42-29-35(48(4,5)6)28-40(45(42)54)50(10,11)12)33-19-16-20-36(25-33)55-43-26-32(23-24-51-43)31-17-14-13-15-18-31;/h13-24,26-30,54H,1-12H3;/q-1;. The number of nitrogens with zero attached hydrogens (tertiary/aromatic N) is 3. The van der Waals surface area contributed by atoms with Gasteiger partial charge in [0.25, 0.3) is 0 Å². The number of pyridine rings is 2. The fourth-order valence-corrected chi connectivity index (χ4v) is 8.08. The Morgan fingerprint density at radius 2 is 1.29 bits per heavy atom. The van der Waals surface area contributed by atoms with Crippen molar-refractivity contribution in [2.75, 3.05) is 0 Å². The van der Waals surface area contributed by atoms with Gasteiger partial charge in [-0.15, -0.1) is 29.8 Å². The summed E-state index contributed by atoms with van der Waals surface area (Å²) in [5.41, 5.74) is 10.5. The summed E-state index contributed by atoms with van der Waals surface area (Å²) in [6.07, 6.45) is 1.88. The van der Waals surface area contributed by atoms with Crippen molar-refractivity contribution in [3.63, 3.8) is 0 Å². The van der Waals surface area contributed by atoms with E-state index >= 15 is 0 Å². The number of aromatic hydroxyl groups is 1. The van der Waals surface area contributed by atoms with E-state index in [1.165, 1.54) is 11.1 Å². The van der Waals surface area contributed by atoms with Crippen molar-refractivity contribution in [1.29, 1.82) is 0 Å². The Balaban J connectivity index is 0.00000532. The Hall–Kier alpha value is -4.18. The SMILES string of the molecule is CC(C)(C)c1cc(-n2c3ccc(C(C)(C)C)cc3c3cc(C(C)(C)C)c(-c4[c-]c(Sc5cc(-c6ccccc6)ccn5)ccc4)nc32)c(O)c(C(C)(C)C)c1.[Pt]. The van der Waals surface area contributed by atoms with Crippen molar-refractivity contribution < 1.29 is 26.2 Å². The fraction of sp³-hybridized carbons (Fsp3) is 0.320. The largest absolute Gasteiger partial charge is 0.505 e. The van der Waals surface area contributed by atoms with Crippen LogP contribution >= 0.6 is 11.8 Å². The van der Waals surface area contributed by atoms with Crippen LogP contribution in [0, 0.1) is 6.07 Å². The summed E-state index contributed by atoms with van der Waals surface area (Å²) >= 11 is 1.61. The topological polar surface area (TPSA) is 50.9 Å². The van der Waals surface area contributed by atoms with Gasteiger partial charge in [0.1, 0.15) is 11.4 Å². The van der Waals surface area contributed by atoms with Crippen molar-refractivity contribution in [2.45, 2.75) is 115 Å². The number of phenols is 1. The molecular formula is C50H54N3OPtS-. The van der Waals surface area contributed by atoms with Crippen LogP contribution in [0.5, 0.6) is 5.75 Å². The smallest absolute Gasteiger partial charge is 0.143 e. The number of benzene rings is 4. The van der Waals surface area contributed by atoms with Gasteiger partial charge in [-0.25, -0.2) is 4.98 Å². The van der Waals surface area contributed by atoms with E-state index in [1.54, 1.807) is 11.8 Å². The molecule has 56 heavy (non-hydrogen) atoms. The maximum Gasteiger partial charge on any atom is 0.143 e. The molecule has 0 amide bonds. The molecule has 292 valence electrons. The molecule has 0 aliphatic heterocycles. The van der Waals surface area contributed by atoms with E-state index in [0.717, 1.165) is 71.1 Å². The summed E-state index contributed by atoms with van der Waals surface area (Å²) in [6.45, 7) is 26.7. The first-order valence-electron chi connectivity index (χ1n) is 19.3. The van der Waals surface area contributed by atoms with Gasteiger partial charge in [0.2, 0.25) is 0 Å². The molecule has 1 N–H and O–H groups in total. The number of aromatic nitrogens is 3. The number of fused-ring (bicyclic) bond motifs is 3. The average Bonchev–Trinajstić information content (AvgIpc) is 3.43. The second kappa shape index (κ2) is 15.0. The molecule has 3 heterocycles. The molecule has 0 saturated heterocycles. The first-order valence-corrected chi connectivity index (χ1v) is 20.1. The zero-order valence-electron chi connectivity index (χ0n) is 34.8. The molecule has 4 aromatic carbocycles. The quantitative estimate of drug-likeness (QED) is 0.175. The molecule has 6 heteroatoms. The van der Waals surface area contributed by atoms with Crippen LogP contribution in [0.15, 0.2) is 113 Å². The van der Waals surface area contributed by atoms with E-state index in [4.69, 9.17) is 9.97 Å². The van der Waals surface area contributed by atoms with Crippen LogP contribution in [0.1, 0.15) is 105 Å². The maximum atomic E-state index is 12.3. The molecule has 0 spiro atoms. The minimum absolute atomic E-state index is 0. The second-order valence-corrected chi connectivity index (χ2v) is 20.1. The van der Waals surface area contributed by atoms with Crippen LogP contribution in [0.25, 0.3) is 50.0 Å². The number of hydrogen-bond acceptors (Lipinski definition) is 4. The predicted molar refractivity (Wildman–Crippen MR) is 233 cm³/mol. The van der Waals surface area contributed by atoms with Crippen molar-refractivity contribution in [2.24, 2.45) is 0 Å². The van der Waals surface area contributed by atoms with Crippen LogP contribution in [-0.4, -0.2) is 19.6 Å². The van der Waals surface area contributed by atoms with E-state index in [9.17, 15) is 5.11 Å². The number of hydrogen-bond donors (Lipinski definition) is 1. The number of phenolic OH excluding ortho intramolecular Hbond substituents is 1. The van der Waals surface area contributed by atoms with Crippen molar-refractivity contribution >= 4 is 33.7 Å². The van der Waals surface area contributed by atoms with Crippen molar-refractivity contribution in [3.8, 4) is 33.8 Å². The van der Waals surface area contributed by atoms with Gasteiger partial charge in [-0.05, 0) is 79.9 Å². The first-order chi connectivity index (χ1) is 25.7. The average molecular weight is 940 g/mol. The van der Waals surface area contributed by atoms with Gasteiger partial charge in [0.05, 0.1) is 16.2 Å². The molecule has 0 aliphatic rings. The van der Waals surface area contributed by atoms with Gasteiger partial charge in [-0.2, -0.15) is 0 Å². The molecule has 0 unspecified atom stereocenters. The van der Waals surface area contributed by atoms with Gasteiger partial charge in [0.15, 0.2) is 0 Å². The molecule has 3 aromatic heterocycles. The van der Waals surface area contributed by atoms with E-state index in [0.29, 0.717) is 0 Å². The molecule has 0 atom stereocenters. The van der Waals surface area contributed by atoms with Crippen molar-refractivity contribution in [1.82, 2.24) is 14.5 Å². The molecule has 0 bridgehead atoms. The summed E-state index contributed by atoms with van der Waals surface area (Å²) in [5, 5.41) is 15.4. The van der Waals surface area contributed by atoms with Crippen LogP contribution < -0.4 is 0 Å². The molecule has 7 aromatic rings. The van der Waals surface area contributed by atoms with Gasteiger partial charge < -0.3 is 5.11 Å². The Kier molecular flexibility index (Phi) is 11.1. The zero-order chi connectivity index (χ0) is 39.7. The minimum atomic E-state index is -0.279. The molecule has 4 nitrogen and oxygen atoms in total. The van der Waals surface area contributed by atoms with E-state index in [-0.39, 0.29) is 48.5 Å². The third-order valence-electron chi connectivity index (χ3n) is 10.5. The van der Waals surface area contributed by atoms with E-state index in [1.807, 2.05) is 12.3 Å².